The average molecular weight is 555 g/mol. The van der Waals surface area contributed by atoms with E-state index in [0.29, 0.717) is 23.5 Å². The molecular weight excluding hydrogens is 527 g/mol. The number of fused-ring (bicyclic) bond motifs is 1. The Kier molecular flexibility index (Phi) is 10.2. The van der Waals surface area contributed by atoms with Gasteiger partial charge in [0.1, 0.15) is 21.5 Å². The number of allylic oxidation sites excluding steroid dienone is 1. The van der Waals surface area contributed by atoms with Gasteiger partial charge in [0.2, 0.25) is 0 Å². The molecule has 0 aliphatic heterocycles. The summed E-state index contributed by atoms with van der Waals surface area (Å²) in [5, 5.41) is 1.06. The van der Waals surface area contributed by atoms with Gasteiger partial charge in [-0.25, -0.2) is 8.42 Å². The van der Waals surface area contributed by atoms with E-state index in [9.17, 15) is 18.0 Å². The third-order valence-electron chi connectivity index (χ3n) is 5.91. The summed E-state index contributed by atoms with van der Waals surface area (Å²) in [6.07, 6.45) is 3.57. The van der Waals surface area contributed by atoms with Crippen LogP contribution in [0.5, 0.6) is 11.5 Å². The first-order chi connectivity index (χ1) is 18.2. The van der Waals surface area contributed by atoms with Crippen molar-refractivity contribution >= 4 is 38.7 Å². The van der Waals surface area contributed by atoms with Gasteiger partial charge in [-0.05, 0) is 61.0 Å². The van der Waals surface area contributed by atoms with Crippen molar-refractivity contribution in [3.8, 4) is 22.8 Å². The van der Waals surface area contributed by atoms with Crippen LogP contribution in [0.15, 0.2) is 77.7 Å². The van der Waals surface area contributed by atoms with Gasteiger partial charge < -0.3 is 24.0 Å². The molecule has 196 valence electrons. The molecule has 39 heavy (non-hydrogen) atoms. The zero-order valence-corrected chi connectivity index (χ0v) is 25.0. The Balaban J connectivity index is 0.00000420. The molecule has 0 radical (unpaired) electrons. The van der Waals surface area contributed by atoms with Gasteiger partial charge in [0, 0.05) is 33.7 Å². The van der Waals surface area contributed by atoms with E-state index in [1.807, 2.05) is 36.4 Å². The molecule has 0 atom stereocenters. The summed E-state index contributed by atoms with van der Waals surface area (Å²) >= 11 is 0. The number of methoxy groups -OCH3 is 2. The maximum absolute atomic E-state index is 12.9. The van der Waals surface area contributed by atoms with Crippen molar-refractivity contribution in [1.82, 2.24) is 4.98 Å². The molecule has 1 heterocycles. The number of carbonyl (C=O) groups is 2. The van der Waals surface area contributed by atoms with Crippen molar-refractivity contribution in [3.63, 3.8) is 0 Å². The number of rotatable bonds is 10. The van der Waals surface area contributed by atoms with Crippen LogP contribution < -0.4 is 39.0 Å². The summed E-state index contributed by atoms with van der Waals surface area (Å²) in [5.74, 6) is 0.0934. The molecule has 0 saturated carbocycles. The number of ether oxygens (including phenoxy) is 2. The second-order valence-corrected chi connectivity index (χ2v) is 10.1. The molecule has 10 heteroatoms. The third-order valence-corrected chi connectivity index (χ3v) is 7.22. The number of nitrogens with zero attached hydrogens (tertiary/aromatic N) is 1. The summed E-state index contributed by atoms with van der Waals surface area (Å²) in [4.78, 5) is 27.7. The summed E-state index contributed by atoms with van der Waals surface area (Å²) in [6.45, 7) is 1.76. The summed E-state index contributed by atoms with van der Waals surface area (Å²) in [7, 11) is -1.01. The number of nitrogens with one attached hydrogen (secondary N) is 1. The largest absolute Gasteiger partial charge is 1.00 e. The summed E-state index contributed by atoms with van der Waals surface area (Å²) in [5.41, 5.74) is 3.57. The molecule has 0 aliphatic rings. The number of sulfonamides is 1. The maximum Gasteiger partial charge on any atom is 1.00 e. The van der Waals surface area contributed by atoms with E-state index in [4.69, 9.17) is 9.47 Å². The summed E-state index contributed by atoms with van der Waals surface area (Å²) < 4.78 is 39.1. The Morgan fingerprint density at radius 1 is 0.949 bits per heavy atom. The monoisotopic (exact) mass is 554 g/mol. The number of H-pyrrole nitrogens is 1. The van der Waals surface area contributed by atoms with Crippen LogP contribution in [-0.4, -0.2) is 39.3 Å². The van der Waals surface area contributed by atoms with Crippen LogP contribution in [0.4, 0.5) is 0 Å². The van der Waals surface area contributed by atoms with Gasteiger partial charge in [0.25, 0.3) is 0 Å². The zero-order valence-electron chi connectivity index (χ0n) is 22.2. The third kappa shape index (κ3) is 6.99. The SMILES string of the molecule is CCCC(=O)[N-]S(=O)(=O)c1ccc(C(=O)/C=C/c2cc(-c3cc4ccccc4[nH]3)c(OC)cc2OC)cc1.[Na+]. The summed E-state index contributed by atoms with van der Waals surface area (Å²) in [6, 6.07) is 18.9. The Labute approximate surface area is 249 Å². The fourth-order valence-electron chi connectivity index (χ4n) is 3.98. The normalized spacial score (nSPS) is 11.3. The van der Waals surface area contributed by atoms with Crippen molar-refractivity contribution in [3.05, 3.63) is 88.7 Å². The van der Waals surface area contributed by atoms with Gasteiger partial charge in [-0.3, -0.25) is 4.79 Å². The number of aromatic nitrogens is 1. The van der Waals surface area contributed by atoms with Crippen molar-refractivity contribution in [2.75, 3.05) is 14.2 Å². The maximum atomic E-state index is 12.9. The molecule has 3 aromatic carbocycles. The fourth-order valence-corrected chi connectivity index (χ4v) is 4.93. The van der Waals surface area contributed by atoms with Crippen LogP contribution in [-0.2, 0) is 14.8 Å². The van der Waals surface area contributed by atoms with Gasteiger partial charge in [-0.1, -0.05) is 31.5 Å². The Bertz CT molecular complexity index is 1590. The van der Waals surface area contributed by atoms with Gasteiger partial charge in [-0.15, -0.1) is 0 Å². The number of hydrogen-bond donors (Lipinski definition) is 1. The first kappa shape index (κ1) is 30.2. The Morgan fingerprint density at radius 3 is 2.28 bits per heavy atom. The van der Waals surface area contributed by atoms with E-state index in [2.05, 4.69) is 9.71 Å². The molecule has 1 N–H and O–H groups in total. The molecule has 1 aromatic heterocycles. The quantitative estimate of drug-likeness (QED) is 0.183. The first-order valence-corrected chi connectivity index (χ1v) is 13.4. The minimum atomic E-state index is -4.12. The van der Waals surface area contributed by atoms with Crippen molar-refractivity contribution in [2.24, 2.45) is 0 Å². The number of carbonyl (C=O) groups excluding carboxylic acids is 2. The second-order valence-electron chi connectivity index (χ2n) is 8.50. The molecule has 0 saturated heterocycles. The van der Waals surface area contributed by atoms with Crippen LogP contribution in [0, 0.1) is 0 Å². The molecule has 0 unspecified atom stereocenters. The standard InChI is InChI=1S/C29H28N2O6S.Na/c1-4-7-29(33)31-38(34,35)22-13-10-19(11-14-22)26(32)15-12-21-16-23(28(37-3)18-27(21)36-2)25-17-20-8-5-6-9-24(20)30-25;/h5-6,8-18,30H,4,7H2,1-3H3,(H,31,33);/q;+1/p-1/b15-12+;. The smallest absolute Gasteiger partial charge is 0.542 e. The number of hydrogen-bond acceptors (Lipinski definition) is 6. The number of amides is 1. The van der Waals surface area contributed by atoms with Gasteiger partial charge in [0.15, 0.2) is 5.78 Å². The Morgan fingerprint density at radius 2 is 1.64 bits per heavy atom. The van der Waals surface area contributed by atoms with Gasteiger partial charge in [-0.2, -0.15) is 0 Å². The van der Waals surface area contributed by atoms with E-state index in [0.717, 1.165) is 22.2 Å². The van der Waals surface area contributed by atoms with E-state index < -0.39 is 15.9 Å². The van der Waals surface area contributed by atoms with Gasteiger partial charge >= 0.3 is 29.6 Å². The van der Waals surface area contributed by atoms with Crippen molar-refractivity contribution < 1.29 is 57.0 Å². The zero-order chi connectivity index (χ0) is 27.3. The molecule has 0 bridgehead atoms. The van der Waals surface area contributed by atoms with Crippen LogP contribution >= 0.6 is 0 Å². The number of para-hydroxylation sites is 1. The molecule has 8 nitrogen and oxygen atoms in total. The predicted molar refractivity (Wildman–Crippen MR) is 147 cm³/mol. The first-order valence-electron chi connectivity index (χ1n) is 11.9. The number of ketones is 1. The molecule has 4 aromatic rings. The van der Waals surface area contributed by atoms with Crippen LogP contribution in [0.25, 0.3) is 33.0 Å². The molecule has 0 spiro atoms. The molecule has 1 amide bonds. The molecule has 4 rings (SSSR count). The van der Waals surface area contributed by atoms with E-state index in [1.165, 1.54) is 37.5 Å². The van der Waals surface area contributed by atoms with Crippen LogP contribution in [0.1, 0.15) is 35.7 Å². The molecular formula is C29H27N2NaO6S. The van der Waals surface area contributed by atoms with Gasteiger partial charge in [0.05, 0.1) is 30.7 Å². The molecule has 0 aliphatic carbocycles. The molecule has 0 fully saturated rings. The van der Waals surface area contributed by atoms with Crippen LogP contribution in [0.3, 0.4) is 0 Å². The van der Waals surface area contributed by atoms with E-state index in [-0.39, 0.29) is 52.2 Å². The second kappa shape index (κ2) is 13.1. The topological polar surface area (TPSA) is 117 Å². The average Bonchev–Trinajstić information content (AvgIpc) is 3.35. The van der Waals surface area contributed by atoms with Crippen LogP contribution in [0.2, 0.25) is 0 Å². The number of benzene rings is 3. The number of aromatic amines is 1. The van der Waals surface area contributed by atoms with E-state index >= 15 is 0 Å². The van der Waals surface area contributed by atoms with Crippen molar-refractivity contribution in [1.29, 1.82) is 0 Å². The minimum Gasteiger partial charge on any atom is -0.542 e. The Hall–Kier alpha value is -3.37. The van der Waals surface area contributed by atoms with E-state index in [1.54, 1.807) is 26.2 Å². The minimum absolute atomic E-state index is 0. The fraction of sp³-hybridized carbons (Fsp3) is 0.172. The van der Waals surface area contributed by atoms with Crippen molar-refractivity contribution in [2.45, 2.75) is 24.7 Å². The predicted octanol–water partition coefficient (Wildman–Crippen LogP) is 3.14.